The van der Waals surface area contributed by atoms with Crippen molar-refractivity contribution in [1.82, 2.24) is 4.90 Å². The van der Waals surface area contributed by atoms with Crippen LogP contribution in [-0.4, -0.2) is 35.2 Å². The van der Waals surface area contributed by atoms with Gasteiger partial charge in [-0.3, -0.25) is 4.79 Å². The lowest BCUT2D eigenvalue weighted by Crippen LogP contribution is -2.32. The highest BCUT2D eigenvalue weighted by Gasteiger charge is 2.31. The Morgan fingerprint density at radius 2 is 2.22 bits per heavy atom. The van der Waals surface area contributed by atoms with Crippen LogP contribution in [0.1, 0.15) is 6.42 Å². The molecule has 1 saturated heterocycles. The molecule has 6 heteroatoms. The zero-order valence-corrected chi connectivity index (χ0v) is 10.3. The Bertz CT molecular complexity index is 477. The number of benzene rings is 1. The summed E-state index contributed by atoms with van der Waals surface area (Å²) >= 11 is 5.77. The standard InChI is InChI=1S/C12H12ClNO4/c13-9-2-1-3-10(6-9)18-12(17)14-5-4-8(7-14)11(15)16/h1-3,6,8H,4-5,7H2,(H,15,16). The maximum atomic E-state index is 11.8. The fraction of sp³-hybridized carbons (Fsp3) is 0.333. The molecule has 1 heterocycles. The number of carbonyl (C=O) groups excluding carboxylic acids is 1. The number of likely N-dealkylation sites (tertiary alicyclic amines) is 1. The Morgan fingerprint density at radius 3 is 2.83 bits per heavy atom. The Hall–Kier alpha value is -1.75. The lowest BCUT2D eigenvalue weighted by Gasteiger charge is -2.15. The van der Waals surface area contributed by atoms with Gasteiger partial charge in [-0.1, -0.05) is 17.7 Å². The van der Waals surface area contributed by atoms with E-state index in [1.165, 1.54) is 11.0 Å². The fourth-order valence-corrected chi connectivity index (χ4v) is 2.00. The highest BCUT2D eigenvalue weighted by atomic mass is 35.5. The van der Waals surface area contributed by atoms with Crippen molar-refractivity contribution >= 4 is 23.7 Å². The molecule has 0 aromatic heterocycles. The van der Waals surface area contributed by atoms with Gasteiger partial charge in [-0.15, -0.1) is 0 Å². The van der Waals surface area contributed by atoms with Gasteiger partial charge in [-0.2, -0.15) is 0 Å². The SMILES string of the molecule is O=C(O)C1CCN(C(=O)Oc2cccc(Cl)c2)C1. The number of hydrogen-bond acceptors (Lipinski definition) is 3. The van der Waals surface area contributed by atoms with Crippen molar-refractivity contribution in [3.63, 3.8) is 0 Å². The molecule has 2 rings (SSSR count). The molecular formula is C12H12ClNO4. The average Bonchev–Trinajstić information content (AvgIpc) is 2.78. The second-order valence-corrected chi connectivity index (χ2v) is 4.53. The van der Waals surface area contributed by atoms with Gasteiger partial charge in [0.1, 0.15) is 5.75 Å². The number of carboxylic acid groups (broad SMARTS) is 1. The van der Waals surface area contributed by atoms with Gasteiger partial charge >= 0.3 is 12.1 Å². The normalized spacial score (nSPS) is 18.7. The summed E-state index contributed by atoms with van der Waals surface area (Å²) in [4.78, 5) is 23.9. The summed E-state index contributed by atoms with van der Waals surface area (Å²) < 4.78 is 5.12. The Labute approximate surface area is 109 Å². The minimum Gasteiger partial charge on any atom is -0.481 e. The second kappa shape index (κ2) is 5.27. The van der Waals surface area contributed by atoms with Gasteiger partial charge in [0.25, 0.3) is 0 Å². The Morgan fingerprint density at radius 1 is 1.44 bits per heavy atom. The van der Waals surface area contributed by atoms with Crippen LogP contribution in [0.3, 0.4) is 0 Å². The number of nitrogens with zero attached hydrogens (tertiary/aromatic N) is 1. The van der Waals surface area contributed by atoms with Crippen molar-refractivity contribution in [2.45, 2.75) is 6.42 Å². The van der Waals surface area contributed by atoms with E-state index < -0.39 is 18.0 Å². The molecule has 0 aliphatic carbocycles. The first-order valence-electron chi connectivity index (χ1n) is 5.51. The number of aliphatic carboxylic acids is 1. The van der Waals surface area contributed by atoms with Crippen LogP contribution in [0.2, 0.25) is 5.02 Å². The molecule has 1 aromatic carbocycles. The smallest absolute Gasteiger partial charge is 0.415 e. The highest BCUT2D eigenvalue weighted by Crippen LogP contribution is 2.21. The summed E-state index contributed by atoms with van der Waals surface area (Å²) in [5.74, 6) is -1.03. The van der Waals surface area contributed by atoms with E-state index in [4.69, 9.17) is 21.4 Å². The van der Waals surface area contributed by atoms with Gasteiger partial charge in [0.15, 0.2) is 0 Å². The van der Waals surface area contributed by atoms with Crippen LogP contribution in [0.4, 0.5) is 4.79 Å². The molecule has 0 radical (unpaired) electrons. The van der Waals surface area contributed by atoms with E-state index >= 15 is 0 Å². The lowest BCUT2D eigenvalue weighted by molar-refractivity contribution is -0.141. The minimum absolute atomic E-state index is 0.189. The first kappa shape index (κ1) is 12.7. The van der Waals surface area contributed by atoms with E-state index in [0.717, 1.165) is 0 Å². The highest BCUT2D eigenvalue weighted by molar-refractivity contribution is 6.30. The number of rotatable bonds is 2. The average molecular weight is 270 g/mol. The molecule has 1 aliphatic rings. The van der Waals surface area contributed by atoms with Gasteiger partial charge in [0, 0.05) is 18.1 Å². The molecule has 1 unspecified atom stereocenters. The molecule has 1 fully saturated rings. The lowest BCUT2D eigenvalue weighted by atomic mass is 10.1. The molecule has 1 amide bonds. The van der Waals surface area contributed by atoms with E-state index in [2.05, 4.69) is 0 Å². The Balaban J connectivity index is 1.95. The van der Waals surface area contributed by atoms with Crippen molar-refractivity contribution < 1.29 is 19.4 Å². The summed E-state index contributed by atoms with van der Waals surface area (Å²) in [6.07, 6.45) is -0.0824. The van der Waals surface area contributed by atoms with Gasteiger partial charge < -0.3 is 14.7 Å². The van der Waals surface area contributed by atoms with Crippen molar-refractivity contribution in [2.24, 2.45) is 5.92 Å². The predicted octanol–water partition coefficient (Wildman–Crippen LogP) is 2.25. The summed E-state index contributed by atoms with van der Waals surface area (Å²) in [6.45, 7) is 0.588. The molecule has 1 N–H and O–H groups in total. The third-order valence-electron chi connectivity index (χ3n) is 2.80. The van der Waals surface area contributed by atoms with Crippen LogP contribution < -0.4 is 4.74 Å². The van der Waals surface area contributed by atoms with Crippen LogP contribution in [0.5, 0.6) is 5.75 Å². The quantitative estimate of drug-likeness (QED) is 0.894. The van der Waals surface area contributed by atoms with Crippen LogP contribution in [0.15, 0.2) is 24.3 Å². The minimum atomic E-state index is -0.881. The van der Waals surface area contributed by atoms with E-state index in [-0.39, 0.29) is 6.54 Å². The summed E-state index contributed by atoms with van der Waals surface area (Å²) in [6, 6.07) is 6.50. The van der Waals surface area contributed by atoms with Crippen LogP contribution in [0, 0.1) is 5.92 Å². The van der Waals surface area contributed by atoms with E-state index in [9.17, 15) is 9.59 Å². The van der Waals surface area contributed by atoms with E-state index in [0.29, 0.717) is 23.7 Å². The van der Waals surface area contributed by atoms with Crippen molar-refractivity contribution in [1.29, 1.82) is 0 Å². The number of carbonyl (C=O) groups is 2. The van der Waals surface area contributed by atoms with Crippen LogP contribution in [-0.2, 0) is 4.79 Å². The van der Waals surface area contributed by atoms with Gasteiger partial charge in [0.05, 0.1) is 5.92 Å². The van der Waals surface area contributed by atoms with Crippen molar-refractivity contribution in [2.75, 3.05) is 13.1 Å². The monoisotopic (exact) mass is 269 g/mol. The summed E-state index contributed by atoms with van der Waals surface area (Å²) in [5.41, 5.74) is 0. The van der Waals surface area contributed by atoms with Crippen molar-refractivity contribution in [3.05, 3.63) is 29.3 Å². The molecule has 1 aromatic rings. The molecule has 96 valence electrons. The van der Waals surface area contributed by atoms with Crippen LogP contribution in [0.25, 0.3) is 0 Å². The van der Waals surface area contributed by atoms with Crippen LogP contribution >= 0.6 is 11.6 Å². The van der Waals surface area contributed by atoms with Gasteiger partial charge in [-0.05, 0) is 24.6 Å². The Kier molecular flexibility index (Phi) is 3.72. The molecule has 0 spiro atoms. The second-order valence-electron chi connectivity index (χ2n) is 4.10. The zero-order valence-electron chi connectivity index (χ0n) is 9.51. The largest absolute Gasteiger partial charge is 0.481 e. The maximum absolute atomic E-state index is 11.8. The third kappa shape index (κ3) is 2.92. The fourth-order valence-electron chi connectivity index (χ4n) is 1.82. The summed E-state index contributed by atoms with van der Waals surface area (Å²) in [7, 11) is 0. The molecule has 0 bridgehead atoms. The van der Waals surface area contributed by atoms with Gasteiger partial charge in [-0.25, -0.2) is 4.79 Å². The zero-order chi connectivity index (χ0) is 13.1. The summed E-state index contributed by atoms with van der Waals surface area (Å²) in [5, 5.41) is 9.32. The first-order valence-corrected chi connectivity index (χ1v) is 5.89. The number of halogens is 1. The van der Waals surface area contributed by atoms with Gasteiger partial charge in [0.2, 0.25) is 0 Å². The molecule has 5 nitrogen and oxygen atoms in total. The van der Waals surface area contributed by atoms with E-state index in [1.807, 2.05) is 0 Å². The van der Waals surface area contributed by atoms with Crippen molar-refractivity contribution in [3.8, 4) is 5.75 Å². The number of amides is 1. The maximum Gasteiger partial charge on any atom is 0.415 e. The van der Waals surface area contributed by atoms with E-state index in [1.54, 1.807) is 18.2 Å². The number of hydrogen-bond donors (Lipinski definition) is 1. The number of carboxylic acids is 1. The first-order chi connectivity index (χ1) is 8.56. The number of ether oxygens (including phenoxy) is 1. The third-order valence-corrected chi connectivity index (χ3v) is 3.03. The topological polar surface area (TPSA) is 66.8 Å². The molecule has 1 aliphatic heterocycles. The molecule has 0 saturated carbocycles. The molecular weight excluding hydrogens is 258 g/mol. The molecule has 18 heavy (non-hydrogen) atoms. The predicted molar refractivity (Wildman–Crippen MR) is 64.8 cm³/mol. The molecule has 1 atom stereocenters.